The van der Waals surface area contributed by atoms with Gasteiger partial charge in [0, 0.05) is 13.5 Å². The molecule has 3 heterocycles. The van der Waals surface area contributed by atoms with E-state index < -0.39 is 18.2 Å². The van der Waals surface area contributed by atoms with Crippen LogP contribution in [0.3, 0.4) is 0 Å². The third-order valence-corrected chi connectivity index (χ3v) is 3.41. The molecule has 0 saturated carbocycles. The highest BCUT2D eigenvalue weighted by atomic mass is 16.8. The Balaban J connectivity index is 1.86. The second-order valence-electron chi connectivity index (χ2n) is 5.24. The lowest BCUT2D eigenvalue weighted by Gasteiger charge is -2.22. The van der Waals surface area contributed by atoms with E-state index in [0.717, 1.165) is 12.2 Å². The van der Waals surface area contributed by atoms with Crippen LogP contribution in [0, 0.1) is 0 Å². The molecule has 1 aromatic heterocycles. The molecular formula is C13H19NO5. The first-order valence-electron chi connectivity index (χ1n) is 6.52. The van der Waals surface area contributed by atoms with E-state index in [1.54, 1.807) is 13.3 Å². The summed E-state index contributed by atoms with van der Waals surface area (Å²) in [6.07, 6.45) is 1.13. The first kappa shape index (κ1) is 13.1. The number of aromatic nitrogens is 1. The zero-order valence-corrected chi connectivity index (χ0v) is 11.6. The van der Waals surface area contributed by atoms with E-state index in [1.807, 2.05) is 20.8 Å². The van der Waals surface area contributed by atoms with E-state index in [9.17, 15) is 0 Å². The number of fused-ring (bicyclic) bond motifs is 1. The summed E-state index contributed by atoms with van der Waals surface area (Å²) in [6, 6.07) is 0. The van der Waals surface area contributed by atoms with Crippen molar-refractivity contribution in [1.82, 2.24) is 4.98 Å². The van der Waals surface area contributed by atoms with Gasteiger partial charge in [0.15, 0.2) is 18.2 Å². The minimum atomic E-state index is -0.645. The Kier molecular flexibility index (Phi) is 3.13. The number of nitrogens with zero attached hydrogens (tertiary/aromatic N) is 1. The topological polar surface area (TPSA) is 63.0 Å². The molecule has 2 fully saturated rings. The lowest BCUT2D eigenvalue weighted by atomic mass is 10.1. The Morgan fingerprint density at radius 2 is 2.05 bits per heavy atom. The Morgan fingerprint density at radius 3 is 2.68 bits per heavy atom. The quantitative estimate of drug-likeness (QED) is 0.833. The summed E-state index contributed by atoms with van der Waals surface area (Å²) in [5.41, 5.74) is 0. The number of oxazole rings is 1. The number of hydrogen-bond acceptors (Lipinski definition) is 6. The Labute approximate surface area is 112 Å². The SMILES string of the molecule is CCc1cnc([C@H]2O[C@@H](OC)[C@@H]3OC(C)(C)OC23)o1. The molecule has 0 radical (unpaired) electrons. The summed E-state index contributed by atoms with van der Waals surface area (Å²) in [6.45, 7) is 5.77. The number of aryl methyl sites for hydroxylation is 1. The fourth-order valence-corrected chi connectivity index (χ4v) is 2.57. The molecule has 4 atom stereocenters. The fraction of sp³-hybridized carbons (Fsp3) is 0.769. The standard InChI is InChI=1S/C13H19NO5/c1-5-7-6-14-11(16-7)9-8-10(12(15-4)17-9)19-13(2,3)18-8/h6,8-10,12H,5H2,1-4H3/t8?,9-,10+,12+/m0/s1. The molecule has 0 aromatic carbocycles. The van der Waals surface area contributed by atoms with Crippen molar-refractivity contribution >= 4 is 0 Å². The predicted molar refractivity (Wildman–Crippen MR) is 64.3 cm³/mol. The van der Waals surface area contributed by atoms with Crippen LogP contribution < -0.4 is 0 Å². The molecule has 2 aliphatic rings. The van der Waals surface area contributed by atoms with Crippen molar-refractivity contribution in [2.24, 2.45) is 0 Å². The largest absolute Gasteiger partial charge is 0.443 e. The maximum Gasteiger partial charge on any atom is 0.226 e. The van der Waals surface area contributed by atoms with Crippen LogP contribution in [0.5, 0.6) is 0 Å². The fourth-order valence-electron chi connectivity index (χ4n) is 2.57. The van der Waals surface area contributed by atoms with Crippen LogP contribution in [0.1, 0.15) is 38.5 Å². The van der Waals surface area contributed by atoms with E-state index in [1.165, 1.54) is 0 Å². The molecule has 1 aromatic rings. The lowest BCUT2D eigenvalue weighted by molar-refractivity contribution is -0.230. The molecule has 0 N–H and O–H groups in total. The summed E-state index contributed by atoms with van der Waals surface area (Å²) in [5.74, 6) is 0.704. The maximum absolute atomic E-state index is 5.89. The van der Waals surface area contributed by atoms with Crippen LogP contribution in [0.4, 0.5) is 0 Å². The molecule has 106 valence electrons. The van der Waals surface area contributed by atoms with Crippen molar-refractivity contribution in [2.45, 2.75) is 57.6 Å². The van der Waals surface area contributed by atoms with E-state index in [4.69, 9.17) is 23.4 Å². The van der Waals surface area contributed by atoms with Crippen molar-refractivity contribution in [3.63, 3.8) is 0 Å². The molecule has 2 saturated heterocycles. The smallest absolute Gasteiger partial charge is 0.226 e. The van der Waals surface area contributed by atoms with Crippen LogP contribution in [-0.2, 0) is 25.4 Å². The average molecular weight is 269 g/mol. The van der Waals surface area contributed by atoms with Crippen LogP contribution >= 0.6 is 0 Å². The average Bonchev–Trinajstić information content (AvgIpc) is 3.01. The first-order chi connectivity index (χ1) is 9.04. The third kappa shape index (κ3) is 2.18. The van der Waals surface area contributed by atoms with E-state index in [0.29, 0.717) is 5.89 Å². The summed E-state index contributed by atoms with van der Waals surface area (Å²) in [4.78, 5) is 4.26. The molecule has 6 heteroatoms. The van der Waals surface area contributed by atoms with Gasteiger partial charge in [-0.05, 0) is 13.8 Å². The monoisotopic (exact) mass is 269 g/mol. The third-order valence-electron chi connectivity index (χ3n) is 3.41. The van der Waals surface area contributed by atoms with Crippen molar-refractivity contribution < 1.29 is 23.4 Å². The highest BCUT2D eigenvalue weighted by Crippen LogP contribution is 2.45. The molecule has 0 bridgehead atoms. The number of methoxy groups -OCH3 is 1. The van der Waals surface area contributed by atoms with Gasteiger partial charge in [0.25, 0.3) is 0 Å². The zero-order chi connectivity index (χ0) is 13.6. The Bertz CT molecular complexity index is 458. The van der Waals surface area contributed by atoms with Gasteiger partial charge in [0.1, 0.15) is 18.0 Å². The van der Waals surface area contributed by atoms with Gasteiger partial charge in [-0.15, -0.1) is 0 Å². The van der Waals surface area contributed by atoms with Crippen molar-refractivity contribution in [3.8, 4) is 0 Å². The normalized spacial score (nSPS) is 36.6. The molecule has 2 aliphatic heterocycles. The van der Waals surface area contributed by atoms with Crippen LogP contribution in [0.25, 0.3) is 0 Å². The van der Waals surface area contributed by atoms with E-state index in [-0.39, 0.29) is 12.2 Å². The van der Waals surface area contributed by atoms with Crippen molar-refractivity contribution in [1.29, 1.82) is 0 Å². The molecule has 0 spiro atoms. The molecule has 0 amide bonds. The van der Waals surface area contributed by atoms with Crippen LogP contribution in [0.15, 0.2) is 10.6 Å². The molecule has 1 unspecified atom stereocenters. The van der Waals surface area contributed by atoms with Gasteiger partial charge in [0.05, 0.1) is 6.20 Å². The van der Waals surface area contributed by atoms with Crippen molar-refractivity contribution in [2.75, 3.05) is 7.11 Å². The minimum absolute atomic E-state index is 0.261. The summed E-state index contributed by atoms with van der Waals surface area (Å²) < 4.78 is 28.5. The van der Waals surface area contributed by atoms with Gasteiger partial charge in [-0.3, -0.25) is 0 Å². The summed E-state index contributed by atoms with van der Waals surface area (Å²) in [7, 11) is 1.59. The minimum Gasteiger partial charge on any atom is -0.443 e. The van der Waals surface area contributed by atoms with Gasteiger partial charge < -0.3 is 23.4 Å². The maximum atomic E-state index is 5.89. The van der Waals surface area contributed by atoms with Crippen LogP contribution in [0.2, 0.25) is 0 Å². The Hall–Kier alpha value is -0.950. The Morgan fingerprint density at radius 1 is 1.32 bits per heavy atom. The summed E-state index contributed by atoms with van der Waals surface area (Å²) >= 11 is 0. The number of rotatable bonds is 3. The number of hydrogen-bond donors (Lipinski definition) is 0. The van der Waals surface area contributed by atoms with Crippen molar-refractivity contribution in [3.05, 3.63) is 17.8 Å². The molecule has 3 rings (SSSR count). The summed E-state index contributed by atoms with van der Waals surface area (Å²) in [5, 5.41) is 0. The second kappa shape index (κ2) is 4.56. The molecule has 0 aliphatic carbocycles. The first-order valence-corrected chi connectivity index (χ1v) is 6.52. The number of ether oxygens (including phenoxy) is 4. The van der Waals surface area contributed by atoms with Gasteiger partial charge >= 0.3 is 0 Å². The van der Waals surface area contributed by atoms with E-state index >= 15 is 0 Å². The van der Waals surface area contributed by atoms with E-state index in [2.05, 4.69) is 4.98 Å². The highest BCUT2D eigenvalue weighted by Gasteiger charge is 2.57. The predicted octanol–water partition coefficient (Wildman–Crippen LogP) is 1.80. The van der Waals surface area contributed by atoms with Gasteiger partial charge in [-0.1, -0.05) is 6.92 Å². The van der Waals surface area contributed by atoms with Gasteiger partial charge in [0.2, 0.25) is 5.89 Å². The zero-order valence-electron chi connectivity index (χ0n) is 11.6. The molecule has 19 heavy (non-hydrogen) atoms. The van der Waals surface area contributed by atoms with Gasteiger partial charge in [-0.25, -0.2) is 4.98 Å². The van der Waals surface area contributed by atoms with Crippen LogP contribution in [-0.4, -0.2) is 36.4 Å². The van der Waals surface area contributed by atoms with Gasteiger partial charge in [-0.2, -0.15) is 0 Å². The lowest BCUT2D eigenvalue weighted by Crippen LogP contribution is -2.30. The molecule has 6 nitrogen and oxygen atoms in total. The highest BCUT2D eigenvalue weighted by molar-refractivity contribution is 5.05. The second-order valence-corrected chi connectivity index (χ2v) is 5.24. The molecular weight excluding hydrogens is 250 g/mol.